The SMILES string of the molecule is COc1ccc(C(CC(N)=O)Cc2ccccc2)cc1. The fourth-order valence-electron chi connectivity index (χ4n) is 2.33. The molecule has 104 valence electrons. The van der Waals surface area contributed by atoms with Gasteiger partial charge in [0.2, 0.25) is 5.91 Å². The molecule has 3 heteroatoms. The average molecular weight is 269 g/mol. The second-order valence-electron chi connectivity index (χ2n) is 4.83. The summed E-state index contributed by atoms with van der Waals surface area (Å²) in [5, 5.41) is 0. The second kappa shape index (κ2) is 6.75. The highest BCUT2D eigenvalue weighted by Gasteiger charge is 2.15. The third-order valence-electron chi connectivity index (χ3n) is 3.36. The van der Waals surface area contributed by atoms with Gasteiger partial charge in [0.25, 0.3) is 0 Å². The number of carbonyl (C=O) groups is 1. The first kappa shape index (κ1) is 14.1. The summed E-state index contributed by atoms with van der Waals surface area (Å²) in [5.41, 5.74) is 7.69. The zero-order chi connectivity index (χ0) is 14.4. The van der Waals surface area contributed by atoms with E-state index in [1.54, 1.807) is 7.11 Å². The summed E-state index contributed by atoms with van der Waals surface area (Å²) >= 11 is 0. The predicted octanol–water partition coefficient (Wildman–Crippen LogP) is 2.90. The van der Waals surface area contributed by atoms with Crippen molar-refractivity contribution in [2.24, 2.45) is 5.73 Å². The molecule has 0 fully saturated rings. The lowest BCUT2D eigenvalue weighted by atomic mass is 9.89. The normalized spacial score (nSPS) is 11.8. The van der Waals surface area contributed by atoms with Crippen molar-refractivity contribution < 1.29 is 9.53 Å². The number of nitrogens with two attached hydrogens (primary N) is 1. The fraction of sp³-hybridized carbons (Fsp3) is 0.235. The van der Waals surface area contributed by atoms with E-state index >= 15 is 0 Å². The maximum Gasteiger partial charge on any atom is 0.218 e. The lowest BCUT2D eigenvalue weighted by molar-refractivity contribution is -0.118. The molecule has 0 saturated carbocycles. The highest BCUT2D eigenvalue weighted by molar-refractivity contribution is 5.74. The van der Waals surface area contributed by atoms with E-state index in [-0.39, 0.29) is 11.8 Å². The van der Waals surface area contributed by atoms with Gasteiger partial charge >= 0.3 is 0 Å². The molecule has 1 unspecified atom stereocenters. The number of hydrogen-bond donors (Lipinski definition) is 1. The van der Waals surface area contributed by atoms with Crippen molar-refractivity contribution in [3.8, 4) is 5.75 Å². The lowest BCUT2D eigenvalue weighted by Gasteiger charge is -2.16. The Morgan fingerprint density at radius 3 is 2.30 bits per heavy atom. The molecule has 2 aromatic carbocycles. The number of carbonyl (C=O) groups excluding carboxylic acids is 1. The van der Waals surface area contributed by atoms with Crippen LogP contribution in [0.2, 0.25) is 0 Å². The van der Waals surface area contributed by atoms with Crippen molar-refractivity contribution in [3.63, 3.8) is 0 Å². The number of hydrogen-bond acceptors (Lipinski definition) is 2. The maximum absolute atomic E-state index is 11.3. The standard InChI is InChI=1S/C17H19NO2/c1-20-16-9-7-14(8-10-16)15(12-17(18)19)11-13-5-3-2-4-6-13/h2-10,15H,11-12H2,1H3,(H2,18,19). The Kier molecular flexibility index (Phi) is 4.77. The van der Waals surface area contributed by atoms with E-state index in [0.29, 0.717) is 6.42 Å². The zero-order valence-electron chi connectivity index (χ0n) is 11.6. The van der Waals surface area contributed by atoms with Gasteiger partial charge in [-0.15, -0.1) is 0 Å². The summed E-state index contributed by atoms with van der Waals surface area (Å²) in [6.07, 6.45) is 1.15. The molecule has 0 aliphatic heterocycles. The number of ether oxygens (including phenoxy) is 1. The number of rotatable bonds is 6. The molecule has 0 aromatic heterocycles. The summed E-state index contributed by atoms with van der Waals surface area (Å²) in [7, 11) is 1.64. The monoisotopic (exact) mass is 269 g/mol. The van der Waals surface area contributed by atoms with E-state index in [2.05, 4.69) is 12.1 Å². The van der Waals surface area contributed by atoms with Gasteiger partial charge in [-0.1, -0.05) is 42.5 Å². The largest absolute Gasteiger partial charge is 0.497 e. The first-order chi connectivity index (χ1) is 9.69. The van der Waals surface area contributed by atoms with E-state index in [0.717, 1.165) is 17.7 Å². The molecule has 1 amide bonds. The molecule has 2 aromatic rings. The van der Waals surface area contributed by atoms with Crippen LogP contribution in [0.4, 0.5) is 0 Å². The summed E-state index contributed by atoms with van der Waals surface area (Å²) < 4.78 is 5.16. The molecule has 2 rings (SSSR count). The van der Waals surface area contributed by atoms with Crippen molar-refractivity contribution >= 4 is 5.91 Å². The van der Waals surface area contributed by atoms with Crippen LogP contribution in [0.1, 0.15) is 23.5 Å². The minimum atomic E-state index is -0.276. The highest BCUT2D eigenvalue weighted by Crippen LogP contribution is 2.26. The molecule has 0 saturated heterocycles. The summed E-state index contributed by atoms with van der Waals surface area (Å²) in [4.78, 5) is 11.3. The molecular weight excluding hydrogens is 250 g/mol. The van der Waals surface area contributed by atoms with Gasteiger partial charge in [0, 0.05) is 6.42 Å². The van der Waals surface area contributed by atoms with Crippen LogP contribution in [-0.2, 0) is 11.2 Å². The molecule has 0 aliphatic carbocycles. The Bertz CT molecular complexity index is 549. The van der Waals surface area contributed by atoms with Gasteiger partial charge in [-0.25, -0.2) is 0 Å². The third-order valence-corrected chi connectivity index (χ3v) is 3.36. The quantitative estimate of drug-likeness (QED) is 0.876. The van der Waals surface area contributed by atoms with Gasteiger partial charge in [0.05, 0.1) is 7.11 Å². The second-order valence-corrected chi connectivity index (χ2v) is 4.83. The number of methoxy groups -OCH3 is 1. The fourth-order valence-corrected chi connectivity index (χ4v) is 2.33. The van der Waals surface area contributed by atoms with Crippen LogP contribution in [0, 0.1) is 0 Å². The summed E-state index contributed by atoms with van der Waals surface area (Å²) in [6, 6.07) is 17.9. The molecular formula is C17H19NO2. The van der Waals surface area contributed by atoms with Crippen LogP contribution in [0.15, 0.2) is 54.6 Å². The van der Waals surface area contributed by atoms with Crippen molar-refractivity contribution in [3.05, 3.63) is 65.7 Å². The zero-order valence-corrected chi connectivity index (χ0v) is 11.6. The van der Waals surface area contributed by atoms with E-state index in [9.17, 15) is 4.79 Å². The first-order valence-electron chi connectivity index (χ1n) is 6.65. The molecule has 0 heterocycles. The molecule has 0 aliphatic rings. The molecule has 20 heavy (non-hydrogen) atoms. The van der Waals surface area contributed by atoms with E-state index < -0.39 is 0 Å². The molecule has 2 N–H and O–H groups in total. The molecule has 0 spiro atoms. The molecule has 0 bridgehead atoms. The predicted molar refractivity (Wildman–Crippen MR) is 79.7 cm³/mol. The lowest BCUT2D eigenvalue weighted by Crippen LogP contribution is -2.16. The van der Waals surface area contributed by atoms with Gasteiger partial charge in [-0.05, 0) is 35.6 Å². The number of primary amides is 1. The minimum absolute atomic E-state index is 0.0980. The van der Waals surface area contributed by atoms with Crippen molar-refractivity contribution in [2.75, 3.05) is 7.11 Å². The molecule has 0 radical (unpaired) electrons. The topological polar surface area (TPSA) is 52.3 Å². The van der Waals surface area contributed by atoms with Crippen molar-refractivity contribution in [1.82, 2.24) is 0 Å². The van der Waals surface area contributed by atoms with Crippen LogP contribution in [-0.4, -0.2) is 13.0 Å². The Morgan fingerprint density at radius 2 is 1.75 bits per heavy atom. The van der Waals surface area contributed by atoms with Crippen LogP contribution < -0.4 is 10.5 Å². The van der Waals surface area contributed by atoms with Crippen LogP contribution in [0.5, 0.6) is 5.75 Å². The average Bonchev–Trinajstić information content (AvgIpc) is 2.47. The smallest absolute Gasteiger partial charge is 0.218 e. The van der Waals surface area contributed by atoms with Gasteiger partial charge in [0.1, 0.15) is 5.75 Å². The molecule has 3 nitrogen and oxygen atoms in total. The maximum atomic E-state index is 11.3. The van der Waals surface area contributed by atoms with E-state index in [1.807, 2.05) is 42.5 Å². The van der Waals surface area contributed by atoms with Crippen LogP contribution >= 0.6 is 0 Å². The van der Waals surface area contributed by atoms with Crippen molar-refractivity contribution in [2.45, 2.75) is 18.8 Å². The van der Waals surface area contributed by atoms with Gasteiger partial charge < -0.3 is 10.5 Å². The van der Waals surface area contributed by atoms with Crippen molar-refractivity contribution in [1.29, 1.82) is 0 Å². The van der Waals surface area contributed by atoms with Crippen LogP contribution in [0.3, 0.4) is 0 Å². The minimum Gasteiger partial charge on any atom is -0.497 e. The summed E-state index contributed by atoms with van der Waals surface area (Å²) in [6.45, 7) is 0. The number of amides is 1. The van der Waals surface area contributed by atoms with E-state index in [4.69, 9.17) is 10.5 Å². The van der Waals surface area contributed by atoms with Gasteiger partial charge in [0.15, 0.2) is 0 Å². The Hall–Kier alpha value is -2.29. The number of benzene rings is 2. The van der Waals surface area contributed by atoms with Gasteiger partial charge in [-0.3, -0.25) is 4.79 Å². The van der Waals surface area contributed by atoms with Gasteiger partial charge in [-0.2, -0.15) is 0 Å². The summed E-state index contributed by atoms with van der Waals surface area (Å²) in [5.74, 6) is 0.633. The van der Waals surface area contributed by atoms with E-state index in [1.165, 1.54) is 5.56 Å². The molecule has 1 atom stereocenters. The Morgan fingerprint density at radius 1 is 1.10 bits per heavy atom. The first-order valence-corrected chi connectivity index (χ1v) is 6.65. The highest BCUT2D eigenvalue weighted by atomic mass is 16.5. The van der Waals surface area contributed by atoms with Crippen LogP contribution in [0.25, 0.3) is 0 Å². The Labute approximate surface area is 119 Å². The Balaban J connectivity index is 2.19. The third kappa shape index (κ3) is 3.85.